The molecule has 0 aliphatic rings. The van der Waals surface area contributed by atoms with Gasteiger partial charge in [0.25, 0.3) is 5.56 Å². The maximum Gasteiger partial charge on any atom is 0.264 e. The number of H-pyrrole nitrogens is 1. The highest BCUT2D eigenvalue weighted by atomic mass is 127. The van der Waals surface area contributed by atoms with Crippen LogP contribution in [0.5, 0.6) is 5.75 Å². The van der Waals surface area contributed by atoms with Crippen LogP contribution in [-0.4, -0.2) is 15.1 Å². The Hall–Kier alpha value is -1.44. The van der Waals surface area contributed by atoms with Crippen molar-refractivity contribution in [3.8, 4) is 17.1 Å². The minimum absolute atomic E-state index is 0.209. The summed E-state index contributed by atoms with van der Waals surface area (Å²) >= 11 is 1.89. The van der Waals surface area contributed by atoms with Crippen LogP contribution in [0.1, 0.15) is 5.69 Å². The molecule has 88 valence electrons. The summed E-state index contributed by atoms with van der Waals surface area (Å²) in [5, 5.41) is 9.29. The molecule has 0 radical (unpaired) electrons. The molecular formula is C11H8FIN2O2. The Morgan fingerprint density at radius 3 is 2.71 bits per heavy atom. The number of rotatable bonds is 1. The van der Waals surface area contributed by atoms with Gasteiger partial charge in [-0.2, -0.15) is 0 Å². The standard InChI is InChI=1S/C11H8FIN2O2/c1-5-9(13)11(17)15-10(14-5)6-2-7(12)4-8(16)3-6/h2-4,16H,1H3,(H,14,15,17). The monoisotopic (exact) mass is 346 g/mol. The lowest BCUT2D eigenvalue weighted by atomic mass is 10.2. The van der Waals surface area contributed by atoms with E-state index >= 15 is 0 Å². The van der Waals surface area contributed by atoms with E-state index in [1.54, 1.807) is 6.92 Å². The Kier molecular flexibility index (Phi) is 3.14. The highest BCUT2D eigenvalue weighted by Gasteiger charge is 2.08. The van der Waals surface area contributed by atoms with Crippen LogP contribution in [0.15, 0.2) is 23.0 Å². The van der Waals surface area contributed by atoms with E-state index in [2.05, 4.69) is 9.97 Å². The molecule has 1 aromatic heterocycles. The average molecular weight is 346 g/mol. The highest BCUT2D eigenvalue weighted by molar-refractivity contribution is 14.1. The third-order valence-corrected chi connectivity index (χ3v) is 3.45. The van der Waals surface area contributed by atoms with Crippen LogP contribution in [0.2, 0.25) is 0 Å². The van der Waals surface area contributed by atoms with Gasteiger partial charge in [0.2, 0.25) is 0 Å². The SMILES string of the molecule is Cc1nc(-c2cc(O)cc(F)c2)[nH]c(=O)c1I. The third kappa shape index (κ3) is 2.46. The Morgan fingerprint density at radius 1 is 1.41 bits per heavy atom. The summed E-state index contributed by atoms with van der Waals surface area (Å²) in [6.45, 7) is 1.69. The second-order valence-electron chi connectivity index (χ2n) is 3.51. The van der Waals surface area contributed by atoms with Crippen molar-refractivity contribution in [2.45, 2.75) is 6.92 Å². The molecule has 2 rings (SSSR count). The van der Waals surface area contributed by atoms with Gasteiger partial charge in [0.15, 0.2) is 0 Å². The summed E-state index contributed by atoms with van der Waals surface area (Å²) in [5.74, 6) is -0.555. The third-order valence-electron chi connectivity index (χ3n) is 2.18. The van der Waals surface area contributed by atoms with Crippen LogP contribution in [0.4, 0.5) is 4.39 Å². The minimum atomic E-state index is -0.584. The van der Waals surface area contributed by atoms with Crippen molar-refractivity contribution in [1.29, 1.82) is 0 Å². The van der Waals surface area contributed by atoms with Gasteiger partial charge in [-0.3, -0.25) is 4.79 Å². The first-order valence-corrected chi connectivity index (χ1v) is 5.81. The molecule has 0 saturated heterocycles. The van der Waals surface area contributed by atoms with Gasteiger partial charge in [0, 0.05) is 11.6 Å². The fourth-order valence-electron chi connectivity index (χ4n) is 1.42. The molecule has 0 amide bonds. The van der Waals surface area contributed by atoms with Gasteiger partial charge < -0.3 is 10.1 Å². The number of benzene rings is 1. The number of aryl methyl sites for hydroxylation is 1. The Morgan fingerprint density at radius 2 is 2.12 bits per heavy atom. The summed E-state index contributed by atoms with van der Waals surface area (Å²) in [6, 6.07) is 3.53. The lowest BCUT2D eigenvalue weighted by Crippen LogP contribution is -2.14. The van der Waals surface area contributed by atoms with Crippen LogP contribution >= 0.6 is 22.6 Å². The summed E-state index contributed by atoms with van der Waals surface area (Å²) in [6.07, 6.45) is 0. The quantitative estimate of drug-likeness (QED) is 0.778. The van der Waals surface area contributed by atoms with E-state index in [9.17, 15) is 14.3 Å². The summed E-state index contributed by atoms with van der Waals surface area (Å²) in [7, 11) is 0. The van der Waals surface area contributed by atoms with Gasteiger partial charge in [-0.15, -0.1) is 0 Å². The number of aromatic nitrogens is 2. The molecular weight excluding hydrogens is 338 g/mol. The van der Waals surface area contributed by atoms with Crippen LogP contribution in [0.3, 0.4) is 0 Å². The van der Waals surface area contributed by atoms with Gasteiger partial charge in [-0.25, -0.2) is 9.37 Å². The Labute approximate surface area is 110 Å². The normalized spacial score (nSPS) is 10.5. The van der Waals surface area contributed by atoms with E-state index < -0.39 is 5.82 Å². The molecule has 2 aromatic rings. The lowest BCUT2D eigenvalue weighted by Gasteiger charge is -2.04. The van der Waals surface area contributed by atoms with Crippen molar-refractivity contribution in [1.82, 2.24) is 9.97 Å². The smallest absolute Gasteiger partial charge is 0.264 e. The fraction of sp³-hybridized carbons (Fsp3) is 0.0909. The van der Waals surface area contributed by atoms with E-state index in [0.29, 0.717) is 14.8 Å². The summed E-state index contributed by atoms with van der Waals surface area (Å²) in [5.41, 5.74) is 0.615. The van der Waals surface area contributed by atoms with Crippen LogP contribution < -0.4 is 5.56 Å². The second-order valence-corrected chi connectivity index (χ2v) is 4.59. The molecule has 0 bridgehead atoms. The van der Waals surface area contributed by atoms with Crippen molar-refractivity contribution in [2.24, 2.45) is 0 Å². The minimum Gasteiger partial charge on any atom is -0.508 e. The molecule has 1 heterocycles. The number of phenols is 1. The van der Waals surface area contributed by atoms with Gasteiger partial charge >= 0.3 is 0 Å². The number of nitrogens with one attached hydrogen (secondary N) is 1. The van der Waals surface area contributed by atoms with Crippen molar-refractivity contribution >= 4 is 22.6 Å². The Bertz CT molecular complexity index is 620. The molecule has 2 N–H and O–H groups in total. The lowest BCUT2D eigenvalue weighted by molar-refractivity contribution is 0.469. The molecule has 0 fully saturated rings. The zero-order chi connectivity index (χ0) is 12.6. The van der Waals surface area contributed by atoms with Crippen LogP contribution in [0, 0.1) is 16.3 Å². The predicted molar refractivity (Wildman–Crippen MR) is 69.4 cm³/mol. The number of phenolic OH excluding ortho intramolecular Hbond substituents is 1. The number of hydrogen-bond acceptors (Lipinski definition) is 3. The van der Waals surface area contributed by atoms with Gasteiger partial charge in [0.05, 0.1) is 9.26 Å². The molecule has 0 atom stereocenters. The van der Waals surface area contributed by atoms with E-state index in [1.165, 1.54) is 12.1 Å². The molecule has 0 aliphatic heterocycles. The molecule has 6 heteroatoms. The first-order chi connectivity index (χ1) is 7.97. The van der Waals surface area contributed by atoms with Crippen molar-refractivity contribution in [3.05, 3.63) is 43.6 Å². The summed E-state index contributed by atoms with van der Waals surface area (Å²) < 4.78 is 13.6. The van der Waals surface area contributed by atoms with Crippen molar-refractivity contribution < 1.29 is 9.50 Å². The van der Waals surface area contributed by atoms with Gasteiger partial charge in [0.1, 0.15) is 17.4 Å². The largest absolute Gasteiger partial charge is 0.508 e. The van der Waals surface area contributed by atoms with E-state index in [1.807, 2.05) is 22.6 Å². The maximum atomic E-state index is 13.1. The fourth-order valence-corrected chi connectivity index (χ4v) is 1.67. The van der Waals surface area contributed by atoms with E-state index in [4.69, 9.17) is 0 Å². The zero-order valence-electron chi connectivity index (χ0n) is 8.79. The van der Waals surface area contributed by atoms with Crippen LogP contribution in [0.25, 0.3) is 11.4 Å². The molecule has 0 unspecified atom stereocenters. The molecule has 0 aliphatic carbocycles. The summed E-state index contributed by atoms with van der Waals surface area (Å²) in [4.78, 5) is 18.2. The van der Waals surface area contributed by atoms with Crippen molar-refractivity contribution in [3.63, 3.8) is 0 Å². The second kappa shape index (κ2) is 4.44. The zero-order valence-corrected chi connectivity index (χ0v) is 10.9. The first kappa shape index (κ1) is 12.0. The number of aromatic amines is 1. The molecule has 0 saturated carbocycles. The number of halogens is 2. The number of aromatic hydroxyl groups is 1. The predicted octanol–water partition coefficient (Wildman–Crippen LogP) is 2.19. The molecule has 0 spiro atoms. The van der Waals surface area contributed by atoms with Crippen molar-refractivity contribution in [2.75, 3.05) is 0 Å². The number of nitrogens with zero attached hydrogens (tertiary/aromatic N) is 1. The van der Waals surface area contributed by atoms with Gasteiger partial charge in [-0.05, 0) is 41.6 Å². The Balaban J connectivity index is 2.65. The maximum absolute atomic E-state index is 13.1. The van der Waals surface area contributed by atoms with E-state index in [0.717, 1.165) is 6.07 Å². The average Bonchev–Trinajstić information content (AvgIpc) is 2.23. The first-order valence-electron chi connectivity index (χ1n) is 4.73. The van der Waals surface area contributed by atoms with E-state index in [-0.39, 0.29) is 17.1 Å². The number of hydrogen-bond donors (Lipinski definition) is 2. The topological polar surface area (TPSA) is 66.0 Å². The van der Waals surface area contributed by atoms with Gasteiger partial charge in [-0.1, -0.05) is 0 Å². The molecule has 4 nitrogen and oxygen atoms in total. The molecule has 1 aromatic carbocycles. The van der Waals surface area contributed by atoms with Crippen LogP contribution in [-0.2, 0) is 0 Å². The molecule has 17 heavy (non-hydrogen) atoms. The highest BCUT2D eigenvalue weighted by Crippen LogP contribution is 2.22.